The third-order valence-electron chi connectivity index (χ3n) is 4.48. The van der Waals surface area contributed by atoms with Crippen LogP contribution in [0.4, 0.5) is 10.1 Å². The maximum absolute atomic E-state index is 13.0. The number of amides is 1. The number of benzene rings is 1. The van der Waals surface area contributed by atoms with Crippen molar-refractivity contribution in [2.75, 3.05) is 31.1 Å². The first-order valence-electron chi connectivity index (χ1n) is 8.64. The first kappa shape index (κ1) is 19.2. The standard InChI is InChI=1S/C18H21FN4O3S/c1-14(21-27(25,26)17-4-2-15(19)3-5-17)18(24)23-12-10-22(11-13-23)16-6-8-20-9-7-16/h2-9,14,21H,10-13H2,1H3/p+1/t14-/m0/s1. The number of hydrogen-bond donors (Lipinski definition) is 1. The van der Waals surface area contributed by atoms with Crippen molar-refractivity contribution in [1.29, 1.82) is 0 Å². The summed E-state index contributed by atoms with van der Waals surface area (Å²) in [5.74, 6) is -0.797. The minimum atomic E-state index is -3.89. The van der Waals surface area contributed by atoms with Gasteiger partial charge in [-0.3, -0.25) is 4.79 Å². The van der Waals surface area contributed by atoms with Crippen LogP contribution in [-0.2, 0) is 14.8 Å². The lowest BCUT2D eigenvalue weighted by Crippen LogP contribution is -2.54. The smallest absolute Gasteiger partial charge is 0.241 e. The number of aromatic amines is 1. The van der Waals surface area contributed by atoms with Crippen molar-refractivity contribution < 1.29 is 22.6 Å². The number of piperazine rings is 1. The van der Waals surface area contributed by atoms with E-state index in [9.17, 15) is 17.6 Å². The predicted molar refractivity (Wildman–Crippen MR) is 98.0 cm³/mol. The average molecular weight is 393 g/mol. The normalized spacial score (nSPS) is 16.2. The maximum Gasteiger partial charge on any atom is 0.241 e. The van der Waals surface area contributed by atoms with Gasteiger partial charge in [0.2, 0.25) is 15.9 Å². The Morgan fingerprint density at radius 2 is 1.67 bits per heavy atom. The van der Waals surface area contributed by atoms with Crippen LogP contribution >= 0.6 is 0 Å². The van der Waals surface area contributed by atoms with E-state index in [4.69, 9.17) is 0 Å². The van der Waals surface area contributed by atoms with Gasteiger partial charge in [-0.1, -0.05) is 0 Å². The van der Waals surface area contributed by atoms with Crippen molar-refractivity contribution >= 4 is 21.6 Å². The Kier molecular flexibility index (Phi) is 5.71. The van der Waals surface area contributed by atoms with Gasteiger partial charge in [-0.05, 0) is 31.2 Å². The molecule has 0 spiro atoms. The highest BCUT2D eigenvalue weighted by Crippen LogP contribution is 2.15. The van der Waals surface area contributed by atoms with Crippen LogP contribution in [0.2, 0.25) is 0 Å². The quantitative estimate of drug-likeness (QED) is 0.809. The molecule has 2 N–H and O–H groups in total. The van der Waals surface area contributed by atoms with Crippen molar-refractivity contribution in [2.24, 2.45) is 0 Å². The van der Waals surface area contributed by atoms with Gasteiger partial charge in [0.25, 0.3) is 0 Å². The fourth-order valence-corrected chi connectivity index (χ4v) is 4.21. The minimum absolute atomic E-state index is 0.0748. The van der Waals surface area contributed by atoms with E-state index in [2.05, 4.69) is 14.6 Å². The lowest BCUT2D eigenvalue weighted by Gasteiger charge is -2.36. The Labute approximate surface area is 157 Å². The topological polar surface area (TPSA) is 83.9 Å². The van der Waals surface area contributed by atoms with Crippen LogP contribution in [0.1, 0.15) is 6.92 Å². The lowest BCUT2D eigenvalue weighted by molar-refractivity contribution is -0.377. The summed E-state index contributed by atoms with van der Waals surface area (Å²) < 4.78 is 40.1. The van der Waals surface area contributed by atoms with E-state index in [1.54, 1.807) is 4.90 Å². The van der Waals surface area contributed by atoms with Crippen molar-refractivity contribution in [3.05, 3.63) is 54.6 Å². The van der Waals surface area contributed by atoms with Gasteiger partial charge in [0.15, 0.2) is 12.4 Å². The molecular formula is C18H22FN4O3S+. The zero-order valence-electron chi connectivity index (χ0n) is 14.9. The molecule has 7 nitrogen and oxygen atoms in total. The molecule has 1 atom stereocenters. The highest BCUT2D eigenvalue weighted by molar-refractivity contribution is 7.89. The highest BCUT2D eigenvalue weighted by Gasteiger charge is 2.28. The fourth-order valence-electron chi connectivity index (χ4n) is 3.01. The average Bonchev–Trinajstić information content (AvgIpc) is 2.68. The van der Waals surface area contributed by atoms with Gasteiger partial charge in [-0.15, -0.1) is 0 Å². The monoisotopic (exact) mass is 393 g/mol. The Morgan fingerprint density at radius 3 is 2.26 bits per heavy atom. The highest BCUT2D eigenvalue weighted by atomic mass is 32.2. The summed E-state index contributed by atoms with van der Waals surface area (Å²) in [7, 11) is -3.89. The fraction of sp³-hybridized carbons (Fsp3) is 0.333. The molecule has 1 aliphatic rings. The zero-order chi connectivity index (χ0) is 19.4. The maximum atomic E-state index is 13.0. The molecule has 0 radical (unpaired) electrons. The van der Waals surface area contributed by atoms with E-state index in [1.165, 1.54) is 19.1 Å². The molecule has 9 heteroatoms. The molecule has 1 amide bonds. The molecule has 1 aromatic carbocycles. The Balaban J connectivity index is 1.59. The van der Waals surface area contributed by atoms with Crippen molar-refractivity contribution in [2.45, 2.75) is 17.9 Å². The molecule has 1 saturated heterocycles. The second-order valence-electron chi connectivity index (χ2n) is 6.37. The van der Waals surface area contributed by atoms with Gasteiger partial charge >= 0.3 is 0 Å². The van der Waals surface area contributed by atoms with Crippen LogP contribution in [-0.4, -0.2) is 51.4 Å². The number of pyridine rings is 1. The molecule has 2 aromatic rings. The molecule has 144 valence electrons. The zero-order valence-corrected chi connectivity index (χ0v) is 15.7. The summed E-state index contributed by atoms with van der Waals surface area (Å²) in [6, 6.07) is 7.52. The number of rotatable bonds is 5. The summed E-state index contributed by atoms with van der Waals surface area (Å²) in [6.07, 6.45) is 3.69. The predicted octanol–water partition coefficient (Wildman–Crippen LogP) is 0.655. The van der Waals surface area contributed by atoms with Gasteiger partial charge in [-0.2, -0.15) is 4.72 Å². The molecule has 2 heterocycles. The molecule has 1 aliphatic heterocycles. The molecule has 0 saturated carbocycles. The number of anilines is 1. The molecular weight excluding hydrogens is 371 g/mol. The second kappa shape index (κ2) is 8.01. The number of aromatic nitrogens is 1. The molecule has 1 fully saturated rings. The molecule has 1 aromatic heterocycles. The summed E-state index contributed by atoms with van der Waals surface area (Å²) in [5, 5.41) is 0. The molecule has 0 unspecified atom stereocenters. The van der Waals surface area contributed by atoms with E-state index >= 15 is 0 Å². The van der Waals surface area contributed by atoms with Gasteiger partial charge in [0.1, 0.15) is 5.82 Å². The number of nitrogens with one attached hydrogen (secondary N) is 2. The third-order valence-corrected chi connectivity index (χ3v) is 6.04. The van der Waals surface area contributed by atoms with Gasteiger partial charge in [0, 0.05) is 44.0 Å². The van der Waals surface area contributed by atoms with Crippen molar-refractivity contribution in [3.63, 3.8) is 0 Å². The Morgan fingerprint density at radius 1 is 1.07 bits per heavy atom. The number of sulfonamides is 1. The number of nitrogens with zero attached hydrogens (tertiary/aromatic N) is 2. The van der Waals surface area contributed by atoms with Crippen LogP contribution in [0.3, 0.4) is 0 Å². The molecule has 3 rings (SSSR count). The summed E-state index contributed by atoms with van der Waals surface area (Å²) in [6.45, 7) is 3.89. The largest absolute Gasteiger partial charge is 0.368 e. The minimum Gasteiger partial charge on any atom is -0.368 e. The van der Waals surface area contributed by atoms with Crippen LogP contribution in [0.25, 0.3) is 0 Å². The van der Waals surface area contributed by atoms with Crippen molar-refractivity contribution in [1.82, 2.24) is 9.62 Å². The Bertz CT molecular complexity index is 883. The van der Waals surface area contributed by atoms with E-state index in [0.717, 1.165) is 17.8 Å². The molecule has 27 heavy (non-hydrogen) atoms. The number of halogens is 1. The number of carbonyl (C=O) groups is 1. The van der Waals surface area contributed by atoms with Crippen LogP contribution in [0, 0.1) is 5.82 Å². The second-order valence-corrected chi connectivity index (χ2v) is 8.08. The summed E-state index contributed by atoms with van der Waals surface area (Å²) in [4.78, 5) is 19.3. The van der Waals surface area contributed by atoms with Crippen LogP contribution < -0.4 is 14.6 Å². The first-order chi connectivity index (χ1) is 12.9. The number of carbonyl (C=O) groups excluding carboxylic acids is 1. The van der Waals surface area contributed by atoms with E-state index < -0.39 is 21.9 Å². The van der Waals surface area contributed by atoms with E-state index in [1.807, 2.05) is 24.5 Å². The number of hydrogen-bond acceptors (Lipinski definition) is 4. The van der Waals surface area contributed by atoms with Crippen LogP contribution in [0.5, 0.6) is 0 Å². The van der Waals surface area contributed by atoms with E-state index in [0.29, 0.717) is 26.2 Å². The third kappa shape index (κ3) is 4.61. The van der Waals surface area contributed by atoms with Gasteiger partial charge in [-0.25, -0.2) is 17.8 Å². The van der Waals surface area contributed by atoms with Crippen LogP contribution in [0.15, 0.2) is 53.7 Å². The van der Waals surface area contributed by atoms with E-state index in [-0.39, 0.29) is 10.8 Å². The van der Waals surface area contributed by atoms with Gasteiger partial charge in [0.05, 0.1) is 10.9 Å². The summed E-state index contributed by atoms with van der Waals surface area (Å²) in [5.41, 5.74) is 1.07. The lowest BCUT2D eigenvalue weighted by atomic mass is 10.2. The number of H-pyrrole nitrogens is 1. The Hall–Kier alpha value is -2.52. The molecule has 0 bridgehead atoms. The van der Waals surface area contributed by atoms with Crippen molar-refractivity contribution in [3.8, 4) is 0 Å². The first-order valence-corrected chi connectivity index (χ1v) is 10.1. The molecule has 0 aliphatic carbocycles. The van der Waals surface area contributed by atoms with Gasteiger partial charge < -0.3 is 9.80 Å². The SMILES string of the molecule is C[C@H](NS(=O)(=O)c1ccc(F)cc1)C(=O)N1CCN(c2cc[nH+]cc2)CC1. The summed E-state index contributed by atoms with van der Waals surface area (Å²) >= 11 is 0.